The Kier molecular flexibility index (Phi) is 4.65. The Morgan fingerprint density at radius 3 is 2.88 bits per heavy atom. The SMILES string of the molecule is O=C(CCCn1cc(F)ccc1=O)Nc1cccc2cccnc12. The maximum Gasteiger partial charge on any atom is 0.250 e. The highest BCUT2D eigenvalue weighted by atomic mass is 19.1. The maximum atomic E-state index is 13.1. The van der Waals surface area contributed by atoms with Gasteiger partial charge in [0, 0.05) is 36.8 Å². The second-order valence-electron chi connectivity index (χ2n) is 5.41. The number of para-hydroxylation sites is 1. The van der Waals surface area contributed by atoms with Gasteiger partial charge in [0.15, 0.2) is 0 Å². The fourth-order valence-corrected chi connectivity index (χ4v) is 2.50. The molecule has 1 amide bonds. The molecular formula is C18H16FN3O2. The summed E-state index contributed by atoms with van der Waals surface area (Å²) in [7, 11) is 0. The zero-order chi connectivity index (χ0) is 16.9. The van der Waals surface area contributed by atoms with Gasteiger partial charge in [-0.1, -0.05) is 18.2 Å². The molecule has 0 spiro atoms. The highest BCUT2D eigenvalue weighted by Gasteiger charge is 2.07. The topological polar surface area (TPSA) is 64.0 Å². The summed E-state index contributed by atoms with van der Waals surface area (Å²) in [6.07, 6.45) is 3.49. The Labute approximate surface area is 137 Å². The van der Waals surface area contributed by atoms with E-state index in [-0.39, 0.29) is 24.4 Å². The van der Waals surface area contributed by atoms with Crippen LogP contribution in [0.5, 0.6) is 0 Å². The number of carbonyl (C=O) groups excluding carboxylic acids is 1. The smallest absolute Gasteiger partial charge is 0.250 e. The monoisotopic (exact) mass is 325 g/mol. The van der Waals surface area contributed by atoms with Crippen LogP contribution in [0.2, 0.25) is 0 Å². The van der Waals surface area contributed by atoms with Gasteiger partial charge in [0.25, 0.3) is 5.56 Å². The van der Waals surface area contributed by atoms with Crippen LogP contribution in [-0.2, 0) is 11.3 Å². The molecule has 0 atom stereocenters. The van der Waals surface area contributed by atoms with Crippen molar-refractivity contribution in [1.82, 2.24) is 9.55 Å². The molecule has 0 unspecified atom stereocenters. The van der Waals surface area contributed by atoms with Crippen molar-refractivity contribution in [1.29, 1.82) is 0 Å². The molecule has 0 aliphatic carbocycles. The van der Waals surface area contributed by atoms with E-state index in [1.165, 1.54) is 10.6 Å². The number of hydrogen-bond acceptors (Lipinski definition) is 3. The van der Waals surface area contributed by atoms with Crippen molar-refractivity contribution in [3.8, 4) is 0 Å². The number of aryl methyl sites for hydroxylation is 1. The molecule has 1 N–H and O–H groups in total. The van der Waals surface area contributed by atoms with Gasteiger partial charge in [-0.05, 0) is 24.6 Å². The quantitative estimate of drug-likeness (QED) is 0.784. The number of rotatable bonds is 5. The third-order valence-corrected chi connectivity index (χ3v) is 3.66. The average molecular weight is 325 g/mol. The van der Waals surface area contributed by atoms with Gasteiger partial charge in [-0.15, -0.1) is 0 Å². The van der Waals surface area contributed by atoms with Gasteiger partial charge >= 0.3 is 0 Å². The summed E-state index contributed by atoms with van der Waals surface area (Å²) >= 11 is 0. The Bertz CT molecular complexity index is 931. The number of amides is 1. The summed E-state index contributed by atoms with van der Waals surface area (Å²) in [6.45, 7) is 0.289. The highest BCUT2D eigenvalue weighted by Crippen LogP contribution is 2.20. The van der Waals surface area contributed by atoms with Crippen LogP contribution in [0, 0.1) is 5.82 Å². The fraction of sp³-hybridized carbons (Fsp3) is 0.167. The first-order chi connectivity index (χ1) is 11.6. The van der Waals surface area contributed by atoms with Crippen LogP contribution in [0.3, 0.4) is 0 Å². The lowest BCUT2D eigenvalue weighted by molar-refractivity contribution is -0.116. The number of hydrogen-bond donors (Lipinski definition) is 1. The van der Waals surface area contributed by atoms with Gasteiger partial charge < -0.3 is 9.88 Å². The number of carbonyl (C=O) groups is 1. The molecule has 2 aromatic heterocycles. The van der Waals surface area contributed by atoms with Gasteiger partial charge in [0.2, 0.25) is 5.91 Å². The van der Waals surface area contributed by atoms with E-state index in [4.69, 9.17) is 0 Å². The minimum Gasteiger partial charge on any atom is -0.324 e. The fourth-order valence-electron chi connectivity index (χ4n) is 2.50. The summed E-state index contributed by atoms with van der Waals surface area (Å²) in [6, 6.07) is 11.6. The zero-order valence-corrected chi connectivity index (χ0v) is 12.9. The van der Waals surface area contributed by atoms with E-state index in [0.717, 1.165) is 23.2 Å². The van der Waals surface area contributed by atoms with Crippen molar-refractivity contribution in [2.24, 2.45) is 0 Å². The molecule has 6 heteroatoms. The molecule has 0 aliphatic rings. The van der Waals surface area contributed by atoms with Crippen LogP contribution in [-0.4, -0.2) is 15.5 Å². The van der Waals surface area contributed by atoms with Gasteiger partial charge in [-0.3, -0.25) is 14.6 Å². The van der Waals surface area contributed by atoms with Crippen molar-refractivity contribution in [3.63, 3.8) is 0 Å². The Balaban J connectivity index is 1.61. The average Bonchev–Trinajstić information content (AvgIpc) is 2.58. The number of nitrogens with zero attached hydrogens (tertiary/aromatic N) is 2. The number of benzene rings is 1. The Hall–Kier alpha value is -3.02. The predicted molar refractivity (Wildman–Crippen MR) is 90.3 cm³/mol. The highest BCUT2D eigenvalue weighted by molar-refractivity contribution is 6.00. The third kappa shape index (κ3) is 3.65. The first-order valence-electron chi connectivity index (χ1n) is 7.63. The van der Waals surface area contributed by atoms with Crippen molar-refractivity contribution in [2.45, 2.75) is 19.4 Å². The molecule has 1 aromatic carbocycles. The molecule has 0 aliphatic heterocycles. The van der Waals surface area contributed by atoms with E-state index < -0.39 is 5.82 Å². The summed E-state index contributed by atoms with van der Waals surface area (Å²) in [4.78, 5) is 28.0. The molecule has 122 valence electrons. The van der Waals surface area contributed by atoms with Crippen LogP contribution in [0.4, 0.5) is 10.1 Å². The minimum atomic E-state index is -0.471. The van der Waals surface area contributed by atoms with Crippen molar-refractivity contribution in [2.75, 3.05) is 5.32 Å². The summed E-state index contributed by atoms with van der Waals surface area (Å²) in [5.74, 6) is -0.640. The van der Waals surface area contributed by atoms with Crippen LogP contribution >= 0.6 is 0 Å². The van der Waals surface area contributed by atoms with Gasteiger partial charge in [-0.2, -0.15) is 0 Å². The van der Waals surface area contributed by atoms with Crippen molar-refractivity contribution in [3.05, 3.63) is 71.0 Å². The lowest BCUT2D eigenvalue weighted by atomic mass is 10.2. The number of aromatic nitrogens is 2. The minimum absolute atomic E-state index is 0.169. The van der Waals surface area contributed by atoms with E-state index in [2.05, 4.69) is 10.3 Å². The van der Waals surface area contributed by atoms with Crippen LogP contribution in [0.1, 0.15) is 12.8 Å². The molecule has 24 heavy (non-hydrogen) atoms. The summed E-state index contributed by atoms with van der Waals surface area (Å²) < 4.78 is 14.4. The Morgan fingerprint density at radius 2 is 2.00 bits per heavy atom. The molecule has 2 heterocycles. The number of anilines is 1. The second kappa shape index (κ2) is 7.04. The van der Waals surface area contributed by atoms with Gasteiger partial charge in [0.05, 0.1) is 11.2 Å². The maximum absolute atomic E-state index is 13.1. The normalized spacial score (nSPS) is 10.7. The molecule has 0 bridgehead atoms. The zero-order valence-electron chi connectivity index (χ0n) is 12.9. The van der Waals surface area contributed by atoms with E-state index in [9.17, 15) is 14.0 Å². The van der Waals surface area contributed by atoms with E-state index in [1.807, 2.05) is 24.3 Å². The lowest BCUT2D eigenvalue weighted by Crippen LogP contribution is -2.20. The summed E-state index contributed by atoms with van der Waals surface area (Å²) in [5.41, 5.74) is 1.10. The molecule has 0 radical (unpaired) electrons. The number of halogens is 1. The first-order valence-corrected chi connectivity index (χ1v) is 7.63. The van der Waals surface area contributed by atoms with Crippen molar-refractivity contribution >= 4 is 22.5 Å². The molecule has 0 saturated carbocycles. The van der Waals surface area contributed by atoms with Crippen LogP contribution < -0.4 is 10.9 Å². The molecule has 0 saturated heterocycles. The first kappa shape index (κ1) is 15.9. The second-order valence-corrected chi connectivity index (χ2v) is 5.41. The molecule has 0 fully saturated rings. The molecule has 3 rings (SSSR count). The third-order valence-electron chi connectivity index (χ3n) is 3.66. The largest absolute Gasteiger partial charge is 0.324 e. The number of fused-ring (bicyclic) bond motifs is 1. The van der Waals surface area contributed by atoms with Crippen LogP contribution in [0.15, 0.2) is 59.7 Å². The number of pyridine rings is 2. The van der Waals surface area contributed by atoms with E-state index >= 15 is 0 Å². The number of nitrogens with one attached hydrogen (secondary N) is 1. The Morgan fingerprint density at radius 1 is 1.17 bits per heavy atom. The molecular weight excluding hydrogens is 309 g/mol. The summed E-state index contributed by atoms with van der Waals surface area (Å²) in [5, 5.41) is 3.78. The van der Waals surface area contributed by atoms with Gasteiger partial charge in [0.1, 0.15) is 5.82 Å². The molecule has 5 nitrogen and oxygen atoms in total. The predicted octanol–water partition coefficient (Wildman–Crippen LogP) is 2.95. The lowest BCUT2D eigenvalue weighted by Gasteiger charge is -2.08. The van der Waals surface area contributed by atoms with Gasteiger partial charge in [-0.25, -0.2) is 4.39 Å². The van der Waals surface area contributed by atoms with Crippen molar-refractivity contribution < 1.29 is 9.18 Å². The van der Waals surface area contributed by atoms with E-state index in [1.54, 1.807) is 12.3 Å². The van der Waals surface area contributed by atoms with E-state index in [0.29, 0.717) is 12.1 Å². The molecule has 3 aromatic rings. The standard InChI is InChI=1S/C18H16FN3O2/c19-14-8-9-17(24)22(12-14)11-3-7-16(23)21-15-6-1-4-13-5-2-10-20-18(13)15/h1-2,4-6,8-10,12H,3,7,11H2,(H,21,23). The van der Waals surface area contributed by atoms with Crippen LogP contribution in [0.25, 0.3) is 10.9 Å².